The molecule has 2 rings (SSSR count). The van der Waals surface area contributed by atoms with Gasteiger partial charge in [-0.25, -0.2) is 14.8 Å². The Bertz CT molecular complexity index is 389. The Labute approximate surface area is 92.3 Å². The van der Waals surface area contributed by atoms with E-state index in [-0.39, 0.29) is 10.7 Å². The van der Waals surface area contributed by atoms with Crippen LogP contribution >= 0.6 is 11.6 Å². The highest BCUT2D eigenvalue weighted by molar-refractivity contribution is 6.33. The molecule has 1 N–H and O–H groups in total. The van der Waals surface area contributed by atoms with E-state index in [2.05, 4.69) is 9.97 Å². The second-order valence-corrected chi connectivity index (χ2v) is 4.12. The number of hydrogen-bond acceptors (Lipinski definition) is 3. The van der Waals surface area contributed by atoms with Crippen molar-refractivity contribution in [2.75, 3.05) is 0 Å². The monoisotopic (exact) mass is 226 g/mol. The van der Waals surface area contributed by atoms with E-state index in [0.29, 0.717) is 11.7 Å². The van der Waals surface area contributed by atoms with Gasteiger partial charge in [-0.2, -0.15) is 0 Å². The molecule has 15 heavy (non-hydrogen) atoms. The second kappa shape index (κ2) is 4.14. The molecule has 0 atom stereocenters. The molecule has 0 radical (unpaired) electrons. The molecule has 1 aromatic heterocycles. The molecular formula is C10H11ClN2O2. The Morgan fingerprint density at radius 3 is 2.73 bits per heavy atom. The molecule has 1 aromatic rings. The number of hydrogen-bond donors (Lipinski definition) is 1. The van der Waals surface area contributed by atoms with Crippen LogP contribution in [0, 0.1) is 0 Å². The minimum absolute atomic E-state index is 0.0893. The first kappa shape index (κ1) is 10.4. The number of aromatic carboxylic acids is 1. The summed E-state index contributed by atoms with van der Waals surface area (Å²) in [5.41, 5.74) is -0.0893. The van der Waals surface area contributed by atoms with Crippen molar-refractivity contribution < 1.29 is 9.90 Å². The van der Waals surface area contributed by atoms with Crippen LogP contribution in [0.4, 0.5) is 0 Å². The van der Waals surface area contributed by atoms with E-state index in [1.54, 1.807) is 0 Å². The zero-order chi connectivity index (χ0) is 10.8. The molecule has 0 spiro atoms. The van der Waals surface area contributed by atoms with Crippen LogP contribution in [0.15, 0.2) is 6.20 Å². The molecule has 4 nitrogen and oxygen atoms in total. The number of nitrogens with zero attached hydrogens (tertiary/aromatic N) is 2. The maximum Gasteiger partial charge on any atom is 0.356 e. The van der Waals surface area contributed by atoms with Crippen LogP contribution in [-0.4, -0.2) is 21.0 Å². The Balaban J connectivity index is 2.33. The van der Waals surface area contributed by atoms with Crippen molar-refractivity contribution in [1.82, 2.24) is 9.97 Å². The summed E-state index contributed by atoms with van der Waals surface area (Å²) in [4.78, 5) is 18.9. The number of carboxylic acid groups (broad SMARTS) is 1. The van der Waals surface area contributed by atoms with Gasteiger partial charge in [-0.3, -0.25) is 0 Å². The van der Waals surface area contributed by atoms with E-state index in [0.717, 1.165) is 12.8 Å². The van der Waals surface area contributed by atoms with Crippen molar-refractivity contribution in [3.8, 4) is 0 Å². The highest BCUT2D eigenvalue weighted by Gasteiger charge is 2.22. The van der Waals surface area contributed by atoms with Gasteiger partial charge in [-0.15, -0.1) is 0 Å². The average Bonchev–Trinajstić information content (AvgIpc) is 2.71. The summed E-state index contributed by atoms with van der Waals surface area (Å²) >= 11 is 5.69. The standard InChI is InChI=1S/C10H11ClN2O2/c11-7-5-12-9(6-3-1-2-4-6)13-8(7)10(14)15/h5-6H,1-4H2,(H,14,15). The fourth-order valence-corrected chi connectivity index (χ4v) is 2.08. The number of aromatic nitrogens is 2. The molecule has 1 fully saturated rings. The van der Waals surface area contributed by atoms with Crippen molar-refractivity contribution in [3.05, 3.63) is 22.7 Å². The topological polar surface area (TPSA) is 63.1 Å². The Hall–Kier alpha value is -1.16. The first-order valence-electron chi connectivity index (χ1n) is 4.94. The molecule has 1 saturated carbocycles. The number of carboxylic acids is 1. The van der Waals surface area contributed by atoms with Gasteiger partial charge in [0.05, 0.1) is 11.2 Å². The summed E-state index contributed by atoms with van der Waals surface area (Å²) < 4.78 is 0. The lowest BCUT2D eigenvalue weighted by Gasteiger charge is -2.08. The minimum atomic E-state index is -1.10. The smallest absolute Gasteiger partial charge is 0.356 e. The summed E-state index contributed by atoms with van der Waals surface area (Å²) in [6, 6.07) is 0. The minimum Gasteiger partial charge on any atom is -0.476 e. The van der Waals surface area contributed by atoms with E-state index < -0.39 is 5.97 Å². The van der Waals surface area contributed by atoms with Gasteiger partial charge >= 0.3 is 5.97 Å². The molecular weight excluding hydrogens is 216 g/mol. The lowest BCUT2D eigenvalue weighted by molar-refractivity contribution is 0.0690. The van der Waals surface area contributed by atoms with Crippen molar-refractivity contribution in [2.45, 2.75) is 31.6 Å². The summed E-state index contributed by atoms with van der Waals surface area (Å²) in [6.45, 7) is 0. The van der Waals surface area contributed by atoms with Crippen molar-refractivity contribution in [1.29, 1.82) is 0 Å². The molecule has 0 bridgehead atoms. The molecule has 80 valence electrons. The third-order valence-corrected chi connectivity index (χ3v) is 2.96. The predicted molar refractivity (Wildman–Crippen MR) is 55.2 cm³/mol. The fraction of sp³-hybridized carbons (Fsp3) is 0.500. The molecule has 0 saturated heterocycles. The van der Waals surface area contributed by atoms with Crippen LogP contribution in [0.25, 0.3) is 0 Å². The maximum atomic E-state index is 10.8. The largest absolute Gasteiger partial charge is 0.476 e. The highest BCUT2D eigenvalue weighted by Crippen LogP contribution is 2.32. The van der Waals surface area contributed by atoms with Gasteiger partial charge in [0.2, 0.25) is 0 Å². The molecule has 0 aliphatic heterocycles. The zero-order valence-corrected chi connectivity index (χ0v) is 8.87. The van der Waals surface area contributed by atoms with Crippen LogP contribution in [0.1, 0.15) is 47.9 Å². The van der Waals surface area contributed by atoms with E-state index in [9.17, 15) is 4.79 Å². The van der Waals surface area contributed by atoms with Crippen LogP contribution < -0.4 is 0 Å². The van der Waals surface area contributed by atoms with E-state index in [4.69, 9.17) is 16.7 Å². The quantitative estimate of drug-likeness (QED) is 0.842. The normalized spacial score (nSPS) is 16.9. The predicted octanol–water partition coefficient (Wildman–Crippen LogP) is 2.49. The lowest BCUT2D eigenvalue weighted by Crippen LogP contribution is -2.08. The average molecular weight is 227 g/mol. The van der Waals surface area contributed by atoms with E-state index in [1.165, 1.54) is 19.0 Å². The maximum absolute atomic E-state index is 10.8. The number of carbonyl (C=O) groups is 1. The number of rotatable bonds is 2. The SMILES string of the molecule is O=C(O)c1nc(C2CCCC2)ncc1Cl. The molecule has 1 aliphatic carbocycles. The van der Waals surface area contributed by atoms with Gasteiger partial charge in [0.15, 0.2) is 5.69 Å². The van der Waals surface area contributed by atoms with Crippen LogP contribution in [0.3, 0.4) is 0 Å². The van der Waals surface area contributed by atoms with Crippen molar-refractivity contribution >= 4 is 17.6 Å². The van der Waals surface area contributed by atoms with Crippen molar-refractivity contribution in [3.63, 3.8) is 0 Å². The first-order chi connectivity index (χ1) is 7.18. The summed E-state index contributed by atoms with van der Waals surface area (Å²) in [5, 5.41) is 8.96. The first-order valence-corrected chi connectivity index (χ1v) is 5.32. The summed E-state index contributed by atoms with van der Waals surface area (Å²) in [7, 11) is 0. The Kier molecular flexibility index (Phi) is 2.86. The van der Waals surface area contributed by atoms with Gasteiger partial charge in [0, 0.05) is 5.92 Å². The van der Waals surface area contributed by atoms with Crippen LogP contribution in [0.5, 0.6) is 0 Å². The molecule has 5 heteroatoms. The van der Waals surface area contributed by atoms with E-state index >= 15 is 0 Å². The van der Waals surface area contributed by atoms with Crippen LogP contribution in [0.2, 0.25) is 5.02 Å². The zero-order valence-electron chi connectivity index (χ0n) is 8.11. The molecule has 1 aliphatic rings. The second-order valence-electron chi connectivity index (χ2n) is 3.71. The third-order valence-electron chi connectivity index (χ3n) is 2.69. The molecule has 0 aromatic carbocycles. The molecule has 0 unspecified atom stereocenters. The van der Waals surface area contributed by atoms with Crippen LogP contribution in [-0.2, 0) is 0 Å². The van der Waals surface area contributed by atoms with Gasteiger partial charge in [0.1, 0.15) is 5.82 Å². The Morgan fingerprint density at radius 1 is 1.47 bits per heavy atom. The summed E-state index contributed by atoms with van der Waals surface area (Å²) in [5.74, 6) is -0.170. The van der Waals surface area contributed by atoms with Gasteiger partial charge < -0.3 is 5.11 Å². The number of halogens is 1. The molecule has 1 heterocycles. The fourth-order valence-electron chi connectivity index (χ4n) is 1.91. The van der Waals surface area contributed by atoms with Gasteiger partial charge in [0.25, 0.3) is 0 Å². The highest BCUT2D eigenvalue weighted by atomic mass is 35.5. The summed E-state index contributed by atoms with van der Waals surface area (Å²) in [6.07, 6.45) is 5.80. The lowest BCUT2D eigenvalue weighted by atomic mass is 10.1. The van der Waals surface area contributed by atoms with Gasteiger partial charge in [-0.1, -0.05) is 24.4 Å². The van der Waals surface area contributed by atoms with Gasteiger partial charge in [-0.05, 0) is 12.8 Å². The van der Waals surface area contributed by atoms with Crippen molar-refractivity contribution in [2.24, 2.45) is 0 Å². The molecule has 0 amide bonds. The third kappa shape index (κ3) is 2.09. The van der Waals surface area contributed by atoms with E-state index in [1.807, 2.05) is 0 Å². The Morgan fingerprint density at radius 2 is 2.13 bits per heavy atom.